The summed E-state index contributed by atoms with van der Waals surface area (Å²) in [5, 5.41) is 3.61. The second-order valence-corrected chi connectivity index (χ2v) is 5.47. The van der Waals surface area contributed by atoms with Gasteiger partial charge >= 0.3 is 0 Å². The van der Waals surface area contributed by atoms with E-state index in [4.69, 9.17) is 28.9 Å². The summed E-state index contributed by atoms with van der Waals surface area (Å²) in [5.41, 5.74) is 5.86. The number of rotatable bonds is 3. The van der Waals surface area contributed by atoms with Crippen LogP contribution in [0.5, 0.6) is 0 Å². The lowest BCUT2D eigenvalue weighted by Gasteiger charge is -2.23. The standard InChI is InChI=1S/C13H15Cl2N3O2/c14-8-4-9(15)6-10(5-8)17-13(20)11-2-1-3-18(11)12(19)7-16/h4-6,11H,1-3,7,16H2,(H,17,20). The first-order chi connectivity index (χ1) is 9.51. The van der Waals surface area contributed by atoms with Crippen LogP contribution in [0.3, 0.4) is 0 Å². The molecule has 0 aliphatic carbocycles. The van der Waals surface area contributed by atoms with Gasteiger partial charge in [0, 0.05) is 22.3 Å². The number of carbonyl (C=O) groups is 2. The average molecular weight is 316 g/mol. The number of anilines is 1. The zero-order valence-electron chi connectivity index (χ0n) is 10.7. The molecule has 1 atom stereocenters. The maximum Gasteiger partial charge on any atom is 0.247 e. The van der Waals surface area contributed by atoms with Gasteiger partial charge < -0.3 is 16.0 Å². The van der Waals surface area contributed by atoms with Crippen molar-refractivity contribution in [3.8, 4) is 0 Å². The van der Waals surface area contributed by atoms with E-state index in [1.807, 2.05) is 0 Å². The number of nitrogens with zero attached hydrogens (tertiary/aromatic N) is 1. The number of amides is 2. The summed E-state index contributed by atoms with van der Waals surface area (Å²) in [5.74, 6) is -0.464. The Morgan fingerprint density at radius 2 is 1.95 bits per heavy atom. The molecule has 1 aliphatic rings. The molecule has 1 aliphatic heterocycles. The minimum atomic E-state index is -0.483. The van der Waals surface area contributed by atoms with E-state index in [-0.39, 0.29) is 18.4 Å². The molecule has 3 N–H and O–H groups in total. The molecule has 0 saturated carbocycles. The molecule has 1 aromatic carbocycles. The average Bonchev–Trinajstić information content (AvgIpc) is 2.85. The van der Waals surface area contributed by atoms with E-state index in [1.54, 1.807) is 18.2 Å². The number of hydrogen-bond donors (Lipinski definition) is 2. The van der Waals surface area contributed by atoms with Crippen LogP contribution in [0.2, 0.25) is 10.0 Å². The lowest BCUT2D eigenvalue weighted by Crippen LogP contribution is -2.45. The predicted molar refractivity (Wildman–Crippen MR) is 78.9 cm³/mol. The monoisotopic (exact) mass is 315 g/mol. The maximum absolute atomic E-state index is 12.2. The molecule has 2 amide bonds. The molecular formula is C13H15Cl2N3O2. The first-order valence-corrected chi connectivity index (χ1v) is 7.03. The minimum Gasteiger partial charge on any atom is -0.330 e. The molecule has 5 nitrogen and oxygen atoms in total. The summed E-state index contributed by atoms with van der Waals surface area (Å²) in [6.07, 6.45) is 1.42. The summed E-state index contributed by atoms with van der Waals surface area (Å²) in [6, 6.07) is 4.31. The van der Waals surface area contributed by atoms with Crippen LogP contribution >= 0.6 is 23.2 Å². The number of halogens is 2. The lowest BCUT2D eigenvalue weighted by molar-refractivity contribution is -0.135. The van der Waals surface area contributed by atoms with Crippen LogP contribution < -0.4 is 11.1 Å². The molecule has 1 aromatic rings. The van der Waals surface area contributed by atoms with Crippen molar-refractivity contribution in [2.75, 3.05) is 18.4 Å². The minimum absolute atomic E-state index is 0.0905. The zero-order valence-corrected chi connectivity index (χ0v) is 12.2. The molecule has 7 heteroatoms. The lowest BCUT2D eigenvalue weighted by atomic mass is 10.2. The van der Waals surface area contributed by atoms with Crippen molar-refractivity contribution >= 4 is 40.7 Å². The number of benzene rings is 1. The van der Waals surface area contributed by atoms with Crippen molar-refractivity contribution in [3.05, 3.63) is 28.2 Å². The van der Waals surface area contributed by atoms with Gasteiger partial charge in [-0.25, -0.2) is 0 Å². The van der Waals surface area contributed by atoms with E-state index < -0.39 is 6.04 Å². The number of nitrogens with one attached hydrogen (secondary N) is 1. The third-order valence-electron chi connectivity index (χ3n) is 3.18. The number of carbonyl (C=O) groups excluding carboxylic acids is 2. The van der Waals surface area contributed by atoms with E-state index >= 15 is 0 Å². The van der Waals surface area contributed by atoms with Crippen molar-refractivity contribution in [3.63, 3.8) is 0 Å². The van der Waals surface area contributed by atoms with Gasteiger partial charge in [-0.15, -0.1) is 0 Å². The summed E-state index contributed by atoms with van der Waals surface area (Å²) in [4.78, 5) is 25.4. The molecule has 1 heterocycles. The molecule has 0 radical (unpaired) electrons. The van der Waals surface area contributed by atoms with Gasteiger partial charge in [-0.2, -0.15) is 0 Å². The van der Waals surface area contributed by atoms with Gasteiger partial charge in [0.05, 0.1) is 6.54 Å². The topological polar surface area (TPSA) is 75.4 Å². The summed E-state index contributed by atoms with van der Waals surface area (Å²) in [7, 11) is 0. The quantitative estimate of drug-likeness (QED) is 0.894. The fourth-order valence-electron chi connectivity index (χ4n) is 2.31. The Hall–Kier alpha value is -1.30. The molecule has 2 rings (SSSR count). The fraction of sp³-hybridized carbons (Fsp3) is 0.385. The van der Waals surface area contributed by atoms with Gasteiger partial charge in [0.2, 0.25) is 11.8 Å². The summed E-state index contributed by atoms with van der Waals surface area (Å²) in [6.45, 7) is 0.469. The predicted octanol–water partition coefficient (Wildman–Crippen LogP) is 1.88. The molecule has 1 saturated heterocycles. The first-order valence-electron chi connectivity index (χ1n) is 6.28. The van der Waals surface area contributed by atoms with Crippen molar-refractivity contribution in [1.82, 2.24) is 4.90 Å². The zero-order chi connectivity index (χ0) is 14.7. The normalized spacial score (nSPS) is 18.1. The Balaban J connectivity index is 2.09. The number of hydrogen-bond acceptors (Lipinski definition) is 3. The molecular weight excluding hydrogens is 301 g/mol. The summed E-state index contributed by atoms with van der Waals surface area (Å²) >= 11 is 11.8. The van der Waals surface area contributed by atoms with E-state index in [0.717, 1.165) is 6.42 Å². The Labute approximate surface area is 127 Å². The molecule has 0 spiro atoms. The van der Waals surface area contributed by atoms with Gasteiger partial charge in [0.25, 0.3) is 0 Å². The van der Waals surface area contributed by atoms with Crippen LogP contribution in [-0.4, -0.2) is 35.8 Å². The Morgan fingerprint density at radius 1 is 1.30 bits per heavy atom. The SMILES string of the molecule is NCC(=O)N1CCCC1C(=O)Nc1cc(Cl)cc(Cl)c1. The van der Waals surface area contributed by atoms with Gasteiger partial charge in [0.1, 0.15) is 6.04 Å². The van der Waals surface area contributed by atoms with E-state index in [0.29, 0.717) is 28.7 Å². The van der Waals surface area contributed by atoms with E-state index in [1.165, 1.54) is 4.90 Å². The molecule has 108 valence electrons. The van der Waals surface area contributed by atoms with Crippen LogP contribution in [-0.2, 0) is 9.59 Å². The van der Waals surface area contributed by atoms with Crippen LogP contribution in [0.25, 0.3) is 0 Å². The third-order valence-corrected chi connectivity index (χ3v) is 3.62. The van der Waals surface area contributed by atoms with Gasteiger partial charge in [0.15, 0.2) is 0 Å². The maximum atomic E-state index is 12.2. The summed E-state index contributed by atoms with van der Waals surface area (Å²) < 4.78 is 0. The number of likely N-dealkylation sites (tertiary alicyclic amines) is 1. The van der Waals surface area contributed by atoms with Crippen LogP contribution in [0.1, 0.15) is 12.8 Å². The Morgan fingerprint density at radius 3 is 2.55 bits per heavy atom. The largest absolute Gasteiger partial charge is 0.330 e. The van der Waals surface area contributed by atoms with E-state index in [2.05, 4.69) is 5.32 Å². The van der Waals surface area contributed by atoms with Gasteiger partial charge in [-0.1, -0.05) is 23.2 Å². The van der Waals surface area contributed by atoms with Crippen molar-refractivity contribution in [1.29, 1.82) is 0 Å². The van der Waals surface area contributed by atoms with Crippen LogP contribution in [0.4, 0.5) is 5.69 Å². The highest BCUT2D eigenvalue weighted by Gasteiger charge is 2.33. The van der Waals surface area contributed by atoms with Crippen molar-refractivity contribution in [2.45, 2.75) is 18.9 Å². The smallest absolute Gasteiger partial charge is 0.247 e. The molecule has 1 fully saturated rings. The molecule has 1 unspecified atom stereocenters. The Kier molecular flexibility index (Phi) is 4.86. The van der Waals surface area contributed by atoms with Crippen molar-refractivity contribution in [2.24, 2.45) is 5.73 Å². The molecule has 20 heavy (non-hydrogen) atoms. The highest BCUT2D eigenvalue weighted by atomic mass is 35.5. The molecule has 0 aromatic heterocycles. The van der Waals surface area contributed by atoms with Crippen molar-refractivity contribution < 1.29 is 9.59 Å². The fourth-order valence-corrected chi connectivity index (χ4v) is 2.83. The van der Waals surface area contributed by atoms with Gasteiger partial charge in [-0.3, -0.25) is 9.59 Å². The van der Waals surface area contributed by atoms with Crippen LogP contribution in [0, 0.1) is 0 Å². The second-order valence-electron chi connectivity index (χ2n) is 4.60. The van der Waals surface area contributed by atoms with Gasteiger partial charge in [-0.05, 0) is 31.0 Å². The number of nitrogens with two attached hydrogens (primary N) is 1. The third kappa shape index (κ3) is 3.42. The highest BCUT2D eigenvalue weighted by molar-refractivity contribution is 6.35. The second kappa shape index (κ2) is 6.43. The Bertz CT molecular complexity index is 516. The highest BCUT2D eigenvalue weighted by Crippen LogP contribution is 2.24. The van der Waals surface area contributed by atoms with E-state index in [9.17, 15) is 9.59 Å². The van der Waals surface area contributed by atoms with Crippen LogP contribution in [0.15, 0.2) is 18.2 Å². The first kappa shape index (κ1) is 15.1. The molecule has 0 bridgehead atoms.